The third kappa shape index (κ3) is 3.53. The van der Waals surface area contributed by atoms with Crippen LogP contribution in [0.5, 0.6) is 0 Å². The maximum atomic E-state index is 13.0. The lowest BCUT2D eigenvalue weighted by atomic mass is 9.82. The van der Waals surface area contributed by atoms with Gasteiger partial charge in [0, 0.05) is 18.1 Å². The molecule has 1 aromatic carbocycles. The van der Waals surface area contributed by atoms with Gasteiger partial charge in [-0.2, -0.15) is 0 Å². The molecule has 1 aromatic rings. The second-order valence-corrected chi connectivity index (χ2v) is 6.10. The van der Waals surface area contributed by atoms with Crippen LogP contribution >= 0.6 is 11.6 Å². The Morgan fingerprint density at radius 1 is 1.48 bits per heavy atom. The molecule has 2 rings (SSSR count). The van der Waals surface area contributed by atoms with Crippen molar-refractivity contribution in [3.63, 3.8) is 0 Å². The molecule has 1 aliphatic rings. The third-order valence-electron chi connectivity index (χ3n) is 3.92. The predicted molar refractivity (Wildman–Crippen MR) is 76.7 cm³/mol. The van der Waals surface area contributed by atoms with Crippen molar-refractivity contribution >= 4 is 23.5 Å². The van der Waals surface area contributed by atoms with Gasteiger partial charge in [0.1, 0.15) is 5.82 Å². The minimum absolute atomic E-state index is 0.0504. The van der Waals surface area contributed by atoms with Crippen molar-refractivity contribution in [2.75, 3.05) is 13.1 Å². The van der Waals surface area contributed by atoms with Gasteiger partial charge in [0.15, 0.2) is 0 Å². The fraction of sp³-hybridized carbons (Fsp3) is 0.467. The number of likely N-dealkylation sites (tertiary alicyclic amines) is 1. The summed E-state index contributed by atoms with van der Waals surface area (Å²) in [6.07, 6.45) is 1.27. The Labute approximate surface area is 127 Å². The SMILES string of the molecule is CC1(C(=O)O)CCCN(C(=O)Cc2ccc(F)cc2Cl)C1. The first-order valence-electron chi connectivity index (χ1n) is 6.77. The van der Waals surface area contributed by atoms with E-state index in [1.54, 1.807) is 11.8 Å². The zero-order valence-corrected chi connectivity index (χ0v) is 12.5. The van der Waals surface area contributed by atoms with Crippen molar-refractivity contribution in [3.05, 3.63) is 34.6 Å². The first-order valence-corrected chi connectivity index (χ1v) is 7.15. The Hall–Kier alpha value is -1.62. The second-order valence-electron chi connectivity index (χ2n) is 5.70. The number of amides is 1. The molecule has 0 saturated carbocycles. The van der Waals surface area contributed by atoms with E-state index in [2.05, 4.69) is 0 Å². The summed E-state index contributed by atoms with van der Waals surface area (Å²) in [5.41, 5.74) is -0.355. The van der Waals surface area contributed by atoms with Crippen LogP contribution in [0.4, 0.5) is 4.39 Å². The van der Waals surface area contributed by atoms with Crippen molar-refractivity contribution in [2.45, 2.75) is 26.2 Å². The van der Waals surface area contributed by atoms with Crippen molar-refractivity contribution in [1.29, 1.82) is 0 Å². The molecule has 0 spiro atoms. The highest BCUT2D eigenvalue weighted by molar-refractivity contribution is 6.31. The molecule has 1 amide bonds. The van der Waals surface area contributed by atoms with Gasteiger partial charge in [0.2, 0.25) is 5.91 Å². The molecule has 1 fully saturated rings. The van der Waals surface area contributed by atoms with Crippen molar-refractivity contribution in [3.8, 4) is 0 Å². The zero-order valence-electron chi connectivity index (χ0n) is 11.7. The number of aliphatic carboxylic acids is 1. The summed E-state index contributed by atoms with van der Waals surface area (Å²) in [5, 5.41) is 9.47. The summed E-state index contributed by atoms with van der Waals surface area (Å²) in [6, 6.07) is 3.91. The molecule has 1 saturated heterocycles. The van der Waals surface area contributed by atoms with Gasteiger partial charge in [0.25, 0.3) is 0 Å². The van der Waals surface area contributed by atoms with Crippen LogP contribution in [0.25, 0.3) is 0 Å². The normalized spacial score (nSPS) is 22.1. The molecule has 1 atom stereocenters. The topological polar surface area (TPSA) is 57.6 Å². The summed E-state index contributed by atoms with van der Waals surface area (Å²) in [5.74, 6) is -1.52. The fourth-order valence-electron chi connectivity index (χ4n) is 2.57. The molecule has 0 radical (unpaired) electrons. The van der Waals surface area contributed by atoms with Crippen LogP contribution < -0.4 is 0 Å². The van der Waals surface area contributed by atoms with E-state index < -0.39 is 17.2 Å². The van der Waals surface area contributed by atoms with Gasteiger partial charge in [-0.1, -0.05) is 17.7 Å². The number of benzene rings is 1. The van der Waals surface area contributed by atoms with Crippen molar-refractivity contribution in [2.24, 2.45) is 5.41 Å². The summed E-state index contributed by atoms with van der Waals surface area (Å²) in [4.78, 5) is 25.1. The van der Waals surface area contributed by atoms with Crippen LogP contribution in [-0.2, 0) is 16.0 Å². The lowest BCUT2D eigenvalue weighted by Gasteiger charge is -2.37. The van der Waals surface area contributed by atoms with E-state index in [1.807, 2.05) is 0 Å². The molecule has 1 aliphatic heterocycles. The van der Waals surface area contributed by atoms with Gasteiger partial charge in [-0.05, 0) is 37.5 Å². The molecule has 1 N–H and O–H groups in total. The lowest BCUT2D eigenvalue weighted by Crippen LogP contribution is -2.48. The van der Waals surface area contributed by atoms with Crippen LogP contribution in [-0.4, -0.2) is 35.0 Å². The van der Waals surface area contributed by atoms with Crippen LogP contribution in [0.15, 0.2) is 18.2 Å². The second kappa shape index (κ2) is 6.02. The smallest absolute Gasteiger partial charge is 0.311 e. The van der Waals surface area contributed by atoms with E-state index in [0.29, 0.717) is 24.9 Å². The monoisotopic (exact) mass is 313 g/mol. The fourth-order valence-corrected chi connectivity index (χ4v) is 2.80. The summed E-state index contributed by atoms with van der Waals surface area (Å²) < 4.78 is 13.0. The van der Waals surface area contributed by atoms with Crippen LogP contribution in [0.3, 0.4) is 0 Å². The van der Waals surface area contributed by atoms with Crippen molar-refractivity contribution < 1.29 is 19.1 Å². The van der Waals surface area contributed by atoms with Crippen LogP contribution in [0.2, 0.25) is 5.02 Å². The van der Waals surface area contributed by atoms with Crippen LogP contribution in [0.1, 0.15) is 25.3 Å². The molecule has 0 bridgehead atoms. The van der Waals surface area contributed by atoms with Gasteiger partial charge < -0.3 is 10.0 Å². The first kappa shape index (κ1) is 15.8. The molecule has 114 valence electrons. The molecular weight excluding hydrogens is 297 g/mol. The van der Waals surface area contributed by atoms with Gasteiger partial charge in [0.05, 0.1) is 11.8 Å². The average Bonchev–Trinajstić information content (AvgIpc) is 2.41. The van der Waals surface area contributed by atoms with E-state index >= 15 is 0 Å². The van der Waals surface area contributed by atoms with E-state index in [0.717, 1.165) is 0 Å². The number of carboxylic acid groups (broad SMARTS) is 1. The Kier molecular flexibility index (Phi) is 4.52. The van der Waals surface area contributed by atoms with Gasteiger partial charge >= 0.3 is 5.97 Å². The molecule has 1 heterocycles. The molecule has 4 nitrogen and oxygen atoms in total. The minimum Gasteiger partial charge on any atom is -0.481 e. The number of rotatable bonds is 3. The standard InChI is InChI=1S/C15H17ClFNO3/c1-15(14(20)21)5-2-6-18(9-15)13(19)7-10-3-4-11(17)8-12(10)16/h3-4,8H,2,5-7,9H2,1H3,(H,20,21). The predicted octanol–water partition coefficient (Wildman–Crippen LogP) is 2.73. The number of carbonyl (C=O) groups is 2. The zero-order chi connectivity index (χ0) is 15.6. The highest BCUT2D eigenvalue weighted by Crippen LogP contribution is 2.30. The van der Waals surface area contributed by atoms with E-state index in [1.165, 1.54) is 18.2 Å². The number of nitrogens with zero attached hydrogens (tertiary/aromatic N) is 1. The summed E-state index contributed by atoms with van der Waals surface area (Å²) in [6.45, 7) is 2.39. The number of piperidine rings is 1. The number of carboxylic acids is 1. The molecule has 21 heavy (non-hydrogen) atoms. The Bertz CT molecular complexity index is 578. The van der Waals surface area contributed by atoms with Crippen molar-refractivity contribution in [1.82, 2.24) is 4.90 Å². The maximum absolute atomic E-state index is 13.0. The van der Waals surface area contributed by atoms with E-state index in [4.69, 9.17) is 11.6 Å². The van der Waals surface area contributed by atoms with Gasteiger partial charge in [-0.3, -0.25) is 9.59 Å². The Morgan fingerprint density at radius 3 is 2.81 bits per heavy atom. The molecule has 1 unspecified atom stereocenters. The maximum Gasteiger partial charge on any atom is 0.311 e. The van der Waals surface area contributed by atoms with E-state index in [9.17, 15) is 19.1 Å². The first-order chi connectivity index (χ1) is 9.82. The molecule has 0 aromatic heterocycles. The number of carbonyl (C=O) groups excluding carboxylic acids is 1. The number of halogens is 2. The van der Waals surface area contributed by atoms with Crippen LogP contribution in [0, 0.1) is 11.2 Å². The summed E-state index contributed by atoms with van der Waals surface area (Å²) in [7, 11) is 0. The van der Waals surface area contributed by atoms with E-state index in [-0.39, 0.29) is 23.9 Å². The lowest BCUT2D eigenvalue weighted by molar-refractivity contribution is -0.153. The summed E-state index contributed by atoms with van der Waals surface area (Å²) >= 11 is 5.91. The van der Waals surface area contributed by atoms with Gasteiger partial charge in [-0.25, -0.2) is 4.39 Å². The molecule has 6 heteroatoms. The molecular formula is C15H17ClFNO3. The minimum atomic E-state index is -0.902. The quantitative estimate of drug-likeness (QED) is 0.933. The number of hydrogen-bond acceptors (Lipinski definition) is 2. The number of hydrogen-bond donors (Lipinski definition) is 1. The highest BCUT2D eigenvalue weighted by Gasteiger charge is 2.39. The Balaban J connectivity index is 2.08. The average molecular weight is 314 g/mol. The third-order valence-corrected chi connectivity index (χ3v) is 4.27. The Morgan fingerprint density at radius 2 is 2.19 bits per heavy atom. The van der Waals surface area contributed by atoms with Gasteiger partial charge in [-0.15, -0.1) is 0 Å². The molecule has 0 aliphatic carbocycles. The largest absolute Gasteiger partial charge is 0.481 e. The highest BCUT2D eigenvalue weighted by atomic mass is 35.5.